The van der Waals surface area contributed by atoms with Gasteiger partial charge < -0.3 is 10.2 Å². The fourth-order valence-corrected chi connectivity index (χ4v) is 3.73. The SMILES string of the molecule is CC1(CN2CCS(=O)(=O)CC2)CCNC1.Cl. The molecule has 4 nitrogen and oxygen atoms in total. The average Bonchev–Trinajstić information content (AvgIpc) is 2.57. The van der Waals surface area contributed by atoms with Gasteiger partial charge in [0.2, 0.25) is 0 Å². The van der Waals surface area contributed by atoms with Gasteiger partial charge in [-0.3, -0.25) is 0 Å². The van der Waals surface area contributed by atoms with E-state index in [4.69, 9.17) is 0 Å². The zero-order valence-electron chi connectivity index (χ0n) is 9.74. The molecule has 1 unspecified atom stereocenters. The van der Waals surface area contributed by atoms with E-state index in [1.807, 2.05) is 0 Å². The van der Waals surface area contributed by atoms with Gasteiger partial charge in [0.1, 0.15) is 0 Å². The summed E-state index contributed by atoms with van der Waals surface area (Å²) in [6.45, 7) is 6.93. The van der Waals surface area contributed by atoms with Gasteiger partial charge in [-0.25, -0.2) is 8.42 Å². The summed E-state index contributed by atoms with van der Waals surface area (Å²) in [5, 5.41) is 3.37. The normalized spacial score (nSPS) is 34.6. The molecule has 1 N–H and O–H groups in total. The van der Waals surface area contributed by atoms with Gasteiger partial charge in [-0.15, -0.1) is 12.4 Å². The van der Waals surface area contributed by atoms with Crippen molar-refractivity contribution in [2.24, 2.45) is 5.41 Å². The first kappa shape index (κ1) is 14.2. The molecular weight excluding hydrogens is 248 g/mol. The molecule has 2 rings (SSSR count). The monoisotopic (exact) mass is 268 g/mol. The Labute approximate surface area is 104 Å². The molecule has 0 aromatic heterocycles. The molecule has 16 heavy (non-hydrogen) atoms. The quantitative estimate of drug-likeness (QED) is 0.774. The second kappa shape index (κ2) is 5.21. The molecule has 96 valence electrons. The van der Waals surface area contributed by atoms with Gasteiger partial charge in [0.05, 0.1) is 11.5 Å². The summed E-state index contributed by atoms with van der Waals surface area (Å²) in [6, 6.07) is 0. The van der Waals surface area contributed by atoms with Crippen LogP contribution in [0.1, 0.15) is 13.3 Å². The molecule has 2 fully saturated rings. The second-order valence-electron chi connectivity index (χ2n) is 5.17. The van der Waals surface area contributed by atoms with E-state index in [9.17, 15) is 8.42 Å². The Hall–Kier alpha value is 0.160. The maximum Gasteiger partial charge on any atom is 0.152 e. The van der Waals surface area contributed by atoms with Crippen molar-refractivity contribution in [1.82, 2.24) is 10.2 Å². The molecule has 2 aliphatic rings. The van der Waals surface area contributed by atoms with Crippen LogP contribution in [0.25, 0.3) is 0 Å². The highest BCUT2D eigenvalue weighted by Gasteiger charge is 2.32. The topological polar surface area (TPSA) is 49.4 Å². The van der Waals surface area contributed by atoms with E-state index >= 15 is 0 Å². The lowest BCUT2D eigenvalue weighted by Gasteiger charge is -2.34. The minimum atomic E-state index is -2.73. The lowest BCUT2D eigenvalue weighted by Crippen LogP contribution is -2.45. The fourth-order valence-electron chi connectivity index (χ4n) is 2.45. The van der Waals surface area contributed by atoms with Crippen molar-refractivity contribution in [2.75, 3.05) is 44.2 Å². The van der Waals surface area contributed by atoms with Crippen LogP contribution in [0.2, 0.25) is 0 Å². The van der Waals surface area contributed by atoms with E-state index in [0.717, 1.165) is 32.7 Å². The van der Waals surface area contributed by atoms with Crippen molar-refractivity contribution in [1.29, 1.82) is 0 Å². The summed E-state index contributed by atoms with van der Waals surface area (Å²) in [5.41, 5.74) is 0.348. The lowest BCUT2D eigenvalue weighted by atomic mass is 9.89. The Morgan fingerprint density at radius 2 is 1.94 bits per heavy atom. The van der Waals surface area contributed by atoms with Gasteiger partial charge in [0.25, 0.3) is 0 Å². The molecule has 2 heterocycles. The summed E-state index contributed by atoms with van der Waals surface area (Å²) in [7, 11) is -2.73. The standard InChI is InChI=1S/C10H20N2O2S.ClH/c1-10(2-3-11-8-10)9-12-4-6-15(13,14)7-5-12;/h11H,2-9H2,1H3;1H. The van der Waals surface area contributed by atoms with Crippen LogP contribution in [0.3, 0.4) is 0 Å². The van der Waals surface area contributed by atoms with E-state index in [2.05, 4.69) is 17.1 Å². The van der Waals surface area contributed by atoms with Gasteiger partial charge >= 0.3 is 0 Å². The third-order valence-corrected chi connectivity index (χ3v) is 5.11. The summed E-state index contributed by atoms with van der Waals surface area (Å²) >= 11 is 0. The van der Waals surface area contributed by atoms with Gasteiger partial charge in [-0.05, 0) is 18.4 Å². The highest BCUT2D eigenvalue weighted by atomic mass is 35.5. The van der Waals surface area contributed by atoms with Gasteiger partial charge in [0.15, 0.2) is 9.84 Å². The van der Waals surface area contributed by atoms with Gasteiger partial charge in [-0.1, -0.05) is 6.92 Å². The van der Waals surface area contributed by atoms with Crippen LogP contribution in [0.5, 0.6) is 0 Å². The molecule has 0 bridgehead atoms. The summed E-state index contributed by atoms with van der Waals surface area (Å²) in [4.78, 5) is 2.30. The Morgan fingerprint density at radius 1 is 1.31 bits per heavy atom. The lowest BCUT2D eigenvalue weighted by molar-refractivity contribution is 0.189. The van der Waals surface area contributed by atoms with Crippen molar-refractivity contribution in [3.63, 3.8) is 0 Å². The number of hydrogen-bond acceptors (Lipinski definition) is 4. The number of sulfone groups is 1. The maximum atomic E-state index is 11.3. The van der Waals surface area contributed by atoms with Crippen LogP contribution >= 0.6 is 12.4 Å². The van der Waals surface area contributed by atoms with Crippen molar-refractivity contribution in [3.8, 4) is 0 Å². The van der Waals surface area contributed by atoms with Gasteiger partial charge in [-0.2, -0.15) is 0 Å². The number of nitrogens with zero attached hydrogens (tertiary/aromatic N) is 1. The van der Waals surface area contributed by atoms with E-state index in [1.165, 1.54) is 6.42 Å². The highest BCUT2D eigenvalue weighted by Crippen LogP contribution is 2.26. The summed E-state index contributed by atoms with van der Waals surface area (Å²) in [5.74, 6) is 0.688. The van der Waals surface area contributed by atoms with E-state index in [1.54, 1.807) is 0 Å². The summed E-state index contributed by atoms with van der Waals surface area (Å²) < 4.78 is 22.5. The zero-order chi connectivity index (χ0) is 10.9. The Balaban J connectivity index is 0.00000128. The summed E-state index contributed by atoms with van der Waals surface area (Å²) in [6.07, 6.45) is 1.20. The first-order valence-corrected chi connectivity index (χ1v) is 7.45. The van der Waals surface area contributed by atoms with Crippen LogP contribution in [-0.2, 0) is 9.84 Å². The third kappa shape index (κ3) is 3.58. The molecule has 6 heteroatoms. The Kier molecular flexibility index (Phi) is 4.63. The predicted molar refractivity (Wildman–Crippen MR) is 67.9 cm³/mol. The number of halogens is 1. The molecule has 0 spiro atoms. The maximum absolute atomic E-state index is 11.3. The number of nitrogens with one attached hydrogen (secondary N) is 1. The second-order valence-corrected chi connectivity index (χ2v) is 7.47. The molecule has 0 aliphatic carbocycles. The molecule has 0 radical (unpaired) electrons. The van der Waals surface area contributed by atoms with Crippen LogP contribution in [0.15, 0.2) is 0 Å². The third-order valence-electron chi connectivity index (χ3n) is 3.50. The first-order chi connectivity index (χ1) is 6.99. The number of hydrogen-bond donors (Lipinski definition) is 1. The molecular formula is C10H21ClN2O2S. The highest BCUT2D eigenvalue weighted by molar-refractivity contribution is 7.91. The smallest absolute Gasteiger partial charge is 0.152 e. The molecule has 2 saturated heterocycles. The minimum absolute atomic E-state index is 0. The van der Waals surface area contributed by atoms with Gasteiger partial charge in [0, 0.05) is 26.2 Å². The largest absolute Gasteiger partial charge is 0.316 e. The fraction of sp³-hybridized carbons (Fsp3) is 1.00. The van der Waals surface area contributed by atoms with Crippen molar-refractivity contribution in [3.05, 3.63) is 0 Å². The Bertz CT molecular complexity index is 312. The van der Waals surface area contributed by atoms with Crippen LogP contribution < -0.4 is 5.32 Å². The number of rotatable bonds is 2. The van der Waals surface area contributed by atoms with Crippen molar-refractivity contribution in [2.45, 2.75) is 13.3 Å². The minimum Gasteiger partial charge on any atom is -0.316 e. The molecule has 0 saturated carbocycles. The van der Waals surface area contributed by atoms with E-state index < -0.39 is 9.84 Å². The molecule has 0 amide bonds. The molecule has 0 aromatic rings. The molecule has 0 aromatic carbocycles. The zero-order valence-corrected chi connectivity index (χ0v) is 11.4. The van der Waals surface area contributed by atoms with E-state index in [0.29, 0.717) is 16.9 Å². The van der Waals surface area contributed by atoms with Crippen LogP contribution in [0, 0.1) is 5.41 Å². The van der Waals surface area contributed by atoms with Crippen molar-refractivity contribution >= 4 is 22.2 Å². The van der Waals surface area contributed by atoms with Crippen LogP contribution in [-0.4, -0.2) is 57.5 Å². The average molecular weight is 269 g/mol. The van der Waals surface area contributed by atoms with Crippen molar-refractivity contribution < 1.29 is 8.42 Å². The van der Waals surface area contributed by atoms with E-state index in [-0.39, 0.29) is 12.4 Å². The Morgan fingerprint density at radius 3 is 2.44 bits per heavy atom. The molecule has 2 aliphatic heterocycles. The van der Waals surface area contributed by atoms with Crippen LogP contribution in [0.4, 0.5) is 0 Å². The predicted octanol–water partition coefficient (Wildman–Crippen LogP) is 0.138. The first-order valence-electron chi connectivity index (χ1n) is 5.63. The molecule has 1 atom stereocenters.